The van der Waals surface area contributed by atoms with Gasteiger partial charge < -0.3 is 19.3 Å². The molecule has 2 aliphatic heterocycles. The highest BCUT2D eigenvalue weighted by atomic mass is 32.2. The molecule has 0 unspecified atom stereocenters. The SMILES string of the molecule is CCn1c(S[C@@H](C(=O)N2CCOCC2)c2ccccc2)nnc1N1CCOCC1. The summed E-state index contributed by atoms with van der Waals surface area (Å²) in [7, 11) is 0. The first-order chi connectivity index (χ1) is 14.3. The van der Waals surface area contributed by atoms with E-state index >= 15 is 0 Å². The second-order valence-electron chi connectivity index (χ2n) is 6.97. The maximum absolute atomic E-state index is 13.4. The molecule has 0 N–H and O–H groups in total. The van der Waals surface area contributed by atoms with Gasteiger partial charge in [-0.25, -0.2) is 0 Å². The number of benzene rings is 1. The third-order valence-electron chi connectivity index (χ3n) is 5.18. The van der Waals surface area contributed by atoms with Crippen LogP contribution < -0.4 is 4.90 Å². The average Bonchev–Trinajstić information content (AvgIpc) is 3.21. The molecule has 9 heteroatoms. The van der Waals surface area contributed by atoms with Gasteiger partial charge in [0.05, 0.1) is 26.4 Å². The van der Waals surface area contributed by atoms with Gasteiger partial charge in [0, 0.05) is 32.7 Å². The zero-order valence-electron chi connectivity index (χ0n) is 16.7. The van der Waals surface area contributed by atoms with Gasteiger partial charge in [-0.3, -0.25) is 9.36 Å². The maximum Gasteiger partial charge on any atom is 0.240 e. The van der Waals surface area contributed by atoms with Crippen molar-refractivity contribution in [2.75, 3.05) is 57.5 Å². The van der Waals surface area contributed by atoms with Gasteiger partial charge in [0.15, 0.2) is 5.16 Å². The predicted molar refractivity (Wildman–Crippen MR) is 111 cm³/mol. The van der Waals surface area contributed by atoms with Crippen molar-refractivity contribution >= 4 is 23.6 Å². The molecule has 0 spiro atoms. The normalized spacial score (nSPS) is 18.7. The number of nitrogens with zero attached hydrogens (tertiary/aromatic N) is 5. The molecular weight excluding hydrogens is 390 g/mol. The summed E-state index contributed by atoms with van der Waals surface area (Å²) in [5, 5.41) is 9.31. The Kier molecular flexibility index (Phi) is 6.68. The minimum absolute atomic E-state index is 0.100. The van der Waals surface area contributed by atoms with E-state index in [2.05, 4.69) is 26.6 Å². The Morgan fingerprint density at radius 2 is 1.69 bits per heavy atom. The number of aromatic nitrogens is 3. The number of anilines is 1. The lowest BCUT2D eigenvalue weighted by Crippen LogP contribution is -2.42. The molecular formula is C20H27N5O3S. The van der Waals surface area contributed by atoms with Gasteiger partial charge >= 0.3 is 0 Å². The van der Waals surface area contributed by atoms with E-state index in [4.69, 9.17) is 9.47 Å². The molecule has 0 saturated carbocycles. The zero-order chi connectivity index (χ0) is 20.1. The smallest absolute Gasteiger partial charge is 0.240 e. The van der Waals surface area contributed by atoms with Gasteiger partial charge in [0.25, 0.3) is 0 Å². The molecule has 2 aliphatic rings. The predicted octanol–water partition coefficient (Wildman–Crippen LogP) is 1.83. The van der Waals surface area contributed by atoms with E-state index < -0.39 is 0 Å². The molecule has 3 heterocycles. The lowest BCUT2D eigenvalue weighted by atomic mass is 10.1. The molecule has 2 fully saturated rings. The highest BCUT2D eigenvalue weighted by molar-refractivity contribution is 8.00. The third-order valence-corrected chi connectivity index (χ3v) is 6.40. The fourth-order valence-electron chi connectivity index (χ4n) is 3.59. The molecule has 0 bridgehead atoms. The van der Waals surface area contributed by atoms with Crippen molar-refractivity contribution in [2.24, 2.45) is 0 Å². The first kappa shape index (κ1) is 20.2. The fourth-order valence-corrected chi connectivity index (χ4v) is 4.77. The van der Waals surface area contributed by atoms with Crippen molar-refractivity contribution in [1.82, 2.24) is 19.7 Å². The van der Waals surface area contributed by atoms with Crippen molar-refractivity contribution < 1.29 is 14.3 Å². The van der Waals surface area contributed by atoms with Crippen LogP contribution in [-0.4, -0.2) is 78.2 Å². The number of thioether (sulfide) groups is 1. The molecule has 156 valence electrons. The summed E-state index contributed by atoms with van der Waals surface area (Å²) in [5.41, 5.74) is 0.979. The number of rotatable bonds is 6. The Bertz CT molecular complexity index is 804. The first-order valence-electron chi connectivity index (χ1n) is 10.1. The molecule has 4 rings (SSSR count). The van der Waals surface area contributed by atoms with Crippen molar-refractivity contribution in [3.8, 4) is 0 Å². The van der Waals surface area contributed by atoms with Crippen LogP contribution in [-0.2, 0) is 20.8 Å². The molecule has 1 amide bonds. The van der Waals surface area contributed by atoms with Crippen LogP contribution in [0.2, 0.25) is 0 Å². The Hall–Kier alpha value is -2.10. The summed E-state index contributed by atoms with van der Waals surface area (Å²) in [5.74, 6) is 0.951. The van der Waals surface area contributed by atoms with Crippen LogP contribution in [0.15, 0.2) is 35.5 Å². The average molecular weight is 418 g/mol. The number of hydrogen-bond acceptors (Lipinski definition) is 7. The molecule has 1 aromatic heterocycles. The van der Waals surface area contributed by atoms with Crippen molar-refractivity contribution in [1.29, 1.82) is 0 Å². The molecule has 0 aliphatic carbocycles. The second-order valence-corrected chi connectivity index (χ2v) is 8.04. The summed E-state index contributed by atoms with van der Waals surface area (Å²) in [6.45, 7) is 8.25. The largest absolute Gasteiger partial charge is 0.378 e. The monoisotopic (exact) mass is 417 g/mol. The van der Waals surface area contributed by atoms with Gasteiger partial charge in [-0.15, -0.1) is 10.2 Å². The first-order valence-corrected chi connectivity index (χ1v) is 11.0. The summed E-state index contributed by atoms with van der Waals surface area (Å²) < 4.78 is 13.0. The Morgan fingerprint density at radius 1 is 1.03 bits per heavy atom. The lowest BCUT2D eigenvalue weighted by molar-refractivity contribution is -0.134. The number of hydrogen-bond donors (Lipinski definition) is 0. The van der Waals surface area contributed by atoms with Crippen LogP contribution in [0.4, 0.5) is 5.95 Å². The minimum Gasteiger partial charge on any atom is -0.378 e. The van der Waals surface area contributed by atoms with Gasteiger partial charge in [0.1, 0.15) is 5.25 Å². The van der Waals surface area contributed by atoms with Gasteiger partial charge in [0.2, 0.25) is 11.9 Å². The fraction of sp³-hybridized carbons (Fsp3) is 0.550. The highest BCUT2D eigenvalue weighted by Crippen LogP contribution is 2.37. The van der Waals surface area contributed by atoms with E-state index in [0.717, 1.165) is 36.3 Å². The van der Waals surface area contributed by atoms with E-state index in [9.17, 15) is 4.79 Å². The number of ether oxygens (including phenoxy) is 2. The number of amides is 1. The van der Waals surface area contributed by atoms with E-state index in [1.165, 1.54) is 11.8 Å². The summed E-state index contributed by atoms with van der Waals surface area (Å²) in [6.07, 6.45) is 0. The van der Waals surface area contributed by atoms with E-state index in [-0.39, 0.29) is 11.2 Å². The molecule has 2 saturated heterocycles. The quantitative estimate of drug-likeness (QED) is 0.664. The molecule has 2 aromatic rings. The number of carbonyl (C=O) groups excluding carboxylic acids is 1. The van der Waals surface area contributed by atoms with Crippen LogP contribution in [0, 0.1) is 0 Å². The van der Waals surface area contributed by atoms with Crippen molar-refractivity contribution in [3.63, 3.8) is 0 Å². The zero-order valence-corrected chi connectivity index (χ0v) is 17.5. The highest BCUT2D eigenvalue weighted by Gasteiger charge is 2.31. The van der Waals surface area contributed by atoms with Gasteiger partial charge in [-0.2, -0.15) is 0 Å². The van der Waals surface area contributed by atoms with Crippen LogP contribution in [0.5, 0.6) is 0 Å². The molecule has 1 aromatic carbocycles. The molecule has 8 nitrogen and oxygen atoms in total. The van der Waals surface area contributed by atoms with Crippen LogP contribution >= 0.6 is 11.8 Å². The summed E-state index contributed by atoms with van der Waals surface area (Å²) in [6, 6.07) is 9.92. The number of morpholine rings is 2. The standard InChI is InChI=1S/C20H27N5O3S/c1-2-25-19(24-10-14-28-15-11-24)21-22-20(25)29-17(16-6-4-3-5-7-16)18(26)23-8-12-27-13-9-23/h3-7,17H,2,8-15H2,1H3/t17-/m1/s1. The van der Waals surface area contributed by atoms with Crippen molar-refractivity contribution in [2.45, 2.75) is 23.9 Å². The van der Waals surface area contributed by atoms with Gasteiger partial charge in [-0.05, 0) is 12.5 Å². The maximum atomic E-state index is 13.4. The number of carbonyl (C=O) groups is 1. The van der Waals surface area contributed by atoms with E-state index in [1.54, 1.807) is 0 Å². The molecule has 29 heavy (non-hydrogen) atoms. The van der Waals surface area contributed by atoms with Crippen LogP contribution in [0.25, 0.3) is 0 Å². The van der Waals surface area contributed by atoms with Gasteiger partial charge in [-0.1, -0.05) is 42.1 Å². The summed E-state index contributed by atoms with van der Waals surface area (Å²) >= 11 is 1.48. The third kappa shape index (κ3) is 4.57. The summed E-state index contributed by atoms with van der Waals surface area (Å²) in [4.78, 5) is 17.5. The van der Waals surface area contributed by atoms with Crippen LogP contribution in [0.1, 0.15) is 17.7 Å². The van der Waals surface area contributed by atoms with Crippen LogP contribution in [0.3, 0.4) is 0 Å². The topological polar surface area (TPSA) is 72.7 Å². The molecule has 0 radical (unpaired) electrons. The van der Waals surface area contributed by atoms with Crippen molar-refractivity contribution in [3.05, 3.63) is 35.9 Å². The van der Waals surface area contributed by atoms with E-state index in [1.807, 2.05) is 35.2 Å². The minimum atomic E-state index is -0.360. The Balaban J connectivity index is 1.60. The molecule has 1 atom stereocenters. The van der Waals surface area contributed by atoms with E-state index in [0.29, 0.717) is 39.5 Å². The Morgan fingerprint density at radius 3 is 2.34 bits per heavy atom. The lowest BCUT2D eigenvalue weighted by Gasteiger charge is -2.30. The second kappa shape index (κ2) is 9.60. The Labute approximate surface area is 175 Å².